The van der Waals surface area contributed by atoms with Crippen molar-refractivity contribution >= 4 is 17.4 Å². The summed E-state index contributed by atoms with van der Waals surface area (Å²) in [5.74, 6) is -0.281. The van der Waals surface area contributed by atoms with Gasteiger partial charge in [-0.25, -0.2) is 4.79 Å². The predicted molar refractivity (Wildman–Crippen MR) is 129 cm³/mol. The van der Waals surface area contributed by atoms with Gasteiger partial charge in [-0.2, -0.15) is 0 Å². The summed E-state index contributed by atoms with van der Waals surface area (Å²) in [6, 6.07) is 4.78. The number of carbonyl (C=O) groups excluding carboxylic acids is 2. The fourth-order valence-electron chi connectivity index (χ4n) is 5.44. The fraction of sp³-hybridized carbons (Fsp3) is 0.630. The number of methoxy groups -OCH3 is 1. The van der Waals surface area contributed by atoms with E-state index in [0.717, 1.165) is 25.9 Å². The third-order valence-corrected chi connectivity index (χ3v) is 7.15. The van der Waals surface area contributed by atoms with E-state index in [1.807, 2.05) is 20.8 Å². The van der Waals surface area contributed by atoms with E-state index in [4.69, 9.17) is 9.47 Å². The average molecular weight is 455 g/mol. The highest BCUT2D eigenvalue weighted by molar-refractivity contribution is 6.18. The molecule has 0 N–H and O–H groups in total. The van der Waals surface area contributed by atoms with E-state index in [2.05, 4.69) is 42.7 Å². The van der Waals surface area contributed by atoms with Crippen LogP contribution in [0.15, 0.2) is 23.9 Å². The number of ether oxygens (including phenoxy) is 2. The van der Waals surface area contributed by atoms with Crippen LogP contribution in [-0.2, 0) is 25.5 Å². The number of carbonyl (C=O) groups is 2. The molecule has 6 heteroatoms. The van der Waals surface area contributed by atoms with E-state index in [0.29, 0.717) is 12.3 Å². The smallest absolute Gasteiger partial charge is 0.343 e. The number of ketones is 1. The minimum absolute atomic E-state index is 0.0436. The Morgan fingerprint density at radius 3 is 2.52 bits per heavy atom. The van der Waals surface area contributed by atoms with Gasteiger partial charge in [-0.1, -0.05) is 19.9 Å². The third-order valence-electron chi connectivity index (χ3n) is 7.15. The van der Waals surface area contributed by atoms with Gasteiger partial charge in [0.05, 0.1) is 12.1 Å². The molecule has 1 saturated heterocycles. The molecule has 2 unspecified atom stereocenters. The molecule has 33 heavy (non-hydrogen) atoms. The van der Waals surface area contributed by atoms with E-state index >= 15 is 0 Å². The van der Waals surface area contributed by atoms with Crippen molar-refractivity contribution in [2.24, 2.45) is 5.92 Å². The summed E-state index contributed by atoms with van der Waals surface area (Å²) in [5, 5.41) is 0. The Kier molecular flexibility index (Phi) is 6.34. The van der Waals surface area contributed by atoms with Crippen molar-refractivity contribution in [2.45, 2.75) is 84.6 Å². The van der Waals surface area contributed by atoms with Crippen LogP contribution in [0.4, 0.5) is 5.69 Å². The van der Waals surface area contributed by atoms with Crippen LogP contribution >= 0.6 is 0 Å². The van der Waals surface area contributed by atoms with Gasteiger partial charge in [0.2, 0.25) is 0 Å². The van der Waals surface area contributed by atoms with Gasteiger partial charge in [-0.05, 0) is 69.2 Å². The molecule has 1 aromatic rings. The number of rotatable bonds is 4. The first-order valence-electron chi connectivity index (χ1n) is 12.2. The van der Waals surface area contributed by atoms with Crippen LogP contribution in [-0.4, -0.2) is 54.6 Å². The van der Waals surface area contributed by atoms with Crippen LogP contribution in [0.1, 0.15) is 70.2 Å². The number of fused-ring (bicyclic) bond motifs is 3. The van der Waals surface area contributed by atoms with E-state index in [1.165, 1.54) is 22.4 Å². The van der Waals surface area contributed by atoms with Crippen molar-refractivity contribution < 1.29 is 19.1 Å². The maximum Gasteiger partial charge on any atom is 0.343 e. The first-order valence-corrected chi connectivity index (χ1v) is 12.2. The molecule has 0 bridgehead atoms. The molecular formula is C27H38N2O4. The van der Waals surface area contributed by atoms with Crippen molar-refractivity contribution in [3.63, 3.8) is 0 Å². The number of Topliss-reactive ketones (excluding diaryl/α,β-unsaturated/α-hetero) is 1. The van der Waals surface area contributed by atoms with Gasteiger partial charge < -0.3 is 19.3 Å². The quantitative estimate of drug-likeness (QED) is 0.498. The lowest BCUT2D eigenvalue weighted by atomic mass is 9.79. The first-order chi connectivity index (χ1) is 15.5. The molecule has 3 aliphatic rings. The third kappa shape index (κ3) is 4.68. The van der Waals surface area contributed by atoms with Gasteiger partial charge in [-0.15, -0.1) is 0 Å². The van der Waals surface area contributed by atoms with Gasteiger partial charge in [0.1, 0.15) is 11.2 Å². The van der Waals surface area contributed by atoms with Gasteiger partial charge in [0.15, 0.2) is 5.78 Å². The van der Waals surface area contributed by atoms with Crippen LogP contribution in [0.2, 0.25) is 0 Å². The number of esters is 1. The van der Waals surface area contributed by atoms with Crippen molar-refractivity contribution in [3.05, 3.63) is 40.6 Å². The molecule has 0 saturated carbocycles. The number of benzene rings is 1. The van der Waals surface area contributed by atoms with Crippen molar-refractivity contribution in [1.29, 1.82) is 0 Å². The average Bonchev–Trinajstić information content (AvgIpc) is 3.20. The lowest BCUT2D eigenvalue weighted by Crippen LogP contribution is -2.47. The molecule has 180 valence electrons. The fourth-order valence-corrected chi connectivity index (χ4v) is 5.44. The molecule has 1 fully saturated rings. The van der Waals surface area contributed by atoms with Gasteiger partial charge >= 0.3 is 5.97 Å². The molecule has 3 heterocycles. The number of nitrogens with zero attached hydrogens (tertiary/aromatic N) is 2. The van der Waals surface area contributed by atoms with Crippen LogP contribution < -0.4 is 4.90 Å². The molecule has 3 aliphatic heterocycles. The zero-order valence-corrected chi connectivity index (χ0v) is 21.1. The number of hydrogen-bond donors (Lipinski definition) is 0. The standard InChI is InChI=1S/C27H38N2O4/c1-16(2)22-11-18-12-23(28-9-8-19(14-28)32-7)17(3)10-20(18)24-13-25(30)21(15-29(22)24)26(31)33-27(4,5)6/h10,12,15-16,19,22,24H,8-9,11,13-14H2,1-7H3/t19-,22?,24?/m1/s1. The monoisotopic (exact) mass is 454 g/mol. The van der Waals surface area contributed by atoms with E-state index in [-0.39, 0.29) is 29.5 Å². The van der Waals surface area contributed by atoms with Gasteiger partial charge in [0, 0.05) is 44.5 Å². The molecule has 3 atom stereocenters. The second-order valence-electron chi connectivity index (χ2n) is 11.1. The summed E-state index contributed by atoms with van der Waals surface area (Å²) in [7, 11) is 1.79. The molecule has 0 aromatic heterocycles. The summed E-state index contributed by atoms with van der Waals surface area (Å²) < 4.78 is 11.1. The zero-order chi connectivity index (χ0) is 24.1. The lowest BCUT2D eigenvalue weighted by Gasteiger charge is -2.47. The molecule has 4 rings (SSSR count). The molecule has 6 nitrogen and oxygen atoms in total. The normalized spacial score (nSPS) is 25.2. The Labute approximate surface area is 197 Å². The highest BCUT2D eigenvalue weighted by Crippen LogP contribution is 2.44. The number of hydrogen-bond acceptors (Lipinski definition) is 6. The lowest BCUT2D eigenvalue weighted by molar-refractivity contribution is -0.151. The number of anilines is 1. The van der Waals surface area contributed by atoms with Gasteiger partial charge in [-0.3, -0.25) is 4.79 Å². The topological polar surface area (TPSA) is 59.1 Å². The van der Waals surface area contributed by atoms with Crippen LogP contribution in [0.25, 0.3) is 0 Å². The number of aryl methyl sites for hydroxylation is 1. The van der Waals surface area contributed by atoms with E-state index in [1.54, 1.807) is 13.3 Å². The molecule has 0 spiro atoms. The van der Waals surface area contributed by atoms with Crippen LogP contribution in [0.5, 0.6) is 0 Å². The Morgan fingerprint density at radius 2 is 1.91 bits per heavy atom. The molecular weight excluding hydrogens is 416 g/mol. The van der Waals surface area contributed by atoms with Crippen molar-refractivity contribution in [1.82, 2.24) is 4.90 Å². The predicted octanol–water partition coefficient (Wildman–Crippen LogP) is 4.34. The van der Waals surface area contributed by atoms with Crippen LogP contribution in [0, 0.1) is 12.8 Å². The minimum atomic E-state index is -0.633. The largest absolute Gasteiger partial charge is 0.456 e. The SMILES string of the molecule is CO[C@@H]1CCN(c2cc3c(cc2C)C2CC(=O)C(C(=O)OC(C)(C)C)=CN2C(C(C)C)C3)C1. The van der Waals surface area contributed by atoms with E-state index in [9.17, 15) is 9.59 Å². The molecule has 0 aliphatic carbocycles. The summed E-state index contributed by atoms with van der Waals surface area (Å²) >= 11 is 0. The highest BCUT2D eigenvalue weighted by Gasteiger charge is 2.41. The Hall–Kier alpha value is -2.34. The second kappa shape index (κ2) is 8.79. The Morgan fingerprint density at radius 1 is 1.18 bits per heavy atom. The molecule has 1 aromatic carbocycles. The Bertz CT molecular complexity index is 975. The summed E-state index contributed by atoms with van der Waals surface area (Å²) in [4.78, 5) is 30.5. The minimum Gasteiger partial charge on any atom is -0.456 e. The maximum atomic E-state index is 13.1. The summed E-state index contributed by atoms with van der Waals surface area (Å²) in [6.45, 7) is 14.0. The summed E-state index contributed by atoms with van der Waals surface area (Å²) in [5.41, 5.74) is 4.57. The van der Waals surface area contributed by atoms with Crippen molar-refractivity contribution in [2.75, 3.05) is 25.1 Å². The summed E-state index contributed by atoms with van der Waals surface area (Å²) in [6.07, 6.45) is 4.31. The van der Waals surface area contributed by atoms with Crippen molar-refractivity contribution in [3.8, 4) is 0 Å². The molecule has 0 amide bonds. The van der Waals surface area contributed by atoms with Crippen LogP contribution in [0.3, 0.4) is 0 Å². The maximum absolute atomic E-state index is 13.1. The highest BCUT2D eigenvalue weighted by atomic mass is 16.6. The molecule has 0 radical (unpaired) electrons. The zero-order valence-electron chi connectivity index (χ0n) is 21.1. The van der Waals surface area contributed by atoms with Gasteiger partial charge in [0.25, 0.3) is 0 Å². The second-order valence-corrected chi connectivity index (χ2v) is 11.1. The first kappa shape index (κ1) is 23.8. The Balaban J connectivity index is 1.70. The van der Waals surface area contributed by atoms with E-state index < -0.39 is 11.6 Å².